The number of hydrogen-bond acceptors (Lipinski definition) is 2. The first-order chi connectivity index (χ1) is 10.1. The maximum Gasteiger partial charge on any atom is 0.118 e. The third-order valence-electron chi connectivity index (χ3n) is 3.63. The van der Waals surface area contributed by atoms with Gasteiger partial charge >= 0.3 is 0 Å². The number of anilines is 1. The molecule has 1 N–H and O–H groups in total. The first-order valence-corrected chi connectivity index (χ1v) is 7.62. The third-order valence-corrected chi connectivity index (χ3v) is 3.86. The van der Waals surface area contributed by atoms with E-state index in [0.717, 1.165) is 29.3 Å². The molecule has 0 bridgehead atoms. The zero-order valence-corrected chi connectivity index (χ0v) is 13.6. The van der Waals surface area contributed by atoms with Gasteiger partial charge < -0.3 is 10.1 Å². The topological polar surface area (TPSA) is 21.3 Å². The molecule has 0 heterocycles. The molecule has 0 spiro atoms. The molecule has 0 fully saturated rings. The minimum absolute atomic E-state index is 0.393. The Bertz CT molecular complexity index is 580. The second-order valence-electron chi connectivity index (χ2n) is 5.39. The van der Waals surface area contributed by atoms with Crippen LogP contribution in [0.15, 0.2) is 42.5 Å². The molecule has 0 radical (unpaired) electrons. The first kappa shape index (κ1) is 15.7. The summed E-state index contributed by atoms with van der Waals surface area (Å²) in [6.07, 6.45) is 2.11. The lowest BCUT2D eigenvalue weighted by Gasteiger charge is -2.17. The largest absolute Gasteiger partial charge is 0.497 e. The minimum atomic E-state index is 0.393. The van der Waals surface area contributed by atoms with Crippen LogP contribution in [-0.2, 0) is 6.42 Å². The van der Waals surface area contributed by atoms with Gasteiger partial charge in [-0.1, -0.05) is 29.8 Å². The summed E-state index contributed by atoms with van der Waals surface area (Å²) in [7, 11) is 1.69. The van der Waals surface area contributed by atoms with Crippen LogP contribution in [0.1, 0.15) is 24.5 Å². The summed E-state index contributed by atoms with van der Waals surface area (Å²) in [5, 5.41) is 4.30. The van der Waals surface area contributed by atoms with Crippen molar-refractivity contribution in [1.82, 2.24) is 0 Å². The summed E-state index contributed by atoms with van der Waals surface area (Å²) < 4.78 is 5.17. The Labute approximate surface area is 132 Å². The molecule has 2 rings (SSSR count). The van der Waals surface area contributed by atoms with E-state index in [4.69, 9.17) is 16.3 Å². The maximum atomic E-state index is 6.05. The molecular weight excluding hydrogens is 282 g/mol. The average molecular weight is 304 g/mol. The van der Waals surface area contributed by atoms with Crippen molar-refractivity contribution in [3.63, 3.8) is 0 Å². The fourth-order valence-corrected chi connectivity index (χ4v) is 2.43. The van der Waals surface area contributed by atoms with Crippen LogP contribution in [0, 0.1) is 6.92 Å². The number of halogens is 1. The Hall–Kier alpha value is -1.67. The third kappa shape index (κ3) is 4.68. The van der Waals surface area contributed by atoms with Crippen LogP contribution >= 0.6 is 11.6 Å². The molecule has 2 aromatic carbocycles. The normalized spacial score (nSPS) is 12.0. The summed E-state index contributed by atoms with van der Waals surface area (Å²) >= 11 is 6.05. The van der Waals surface area contributed by atoms with Crippen molar-refractivity contribution >= 4 is 17.3 Å². The molecule has 0 saturated carbocycles. The lowest BCUT2D eigenvalue weighted by Crippen LogP contribution is -2.16. The fraction of sp³-hybridized carbons (Fsp3) is 0.333. The van der Waals surface area contributed by atoms with E-state index < -0.39 is 0 Å². The van der Waals surface area contributed by atoms with Crippen molar-refractivity contribution < 1.29 is 4.74 Å². The van der Waals surface area contributed by atoms with Crippen LogP contribution in [0.3, 0.4) is 0 Å². The van der Waals surface area contributed by atoms with Gasteiger partial charge in [0.15, 0.2) is 0 Å². The van der Waals surface area contributed by atoms with E-state index in [-0.39, 0.29) is 0 Å². The van der Waals surface area contributed by atoms with Gasteiger partial charge in [-0.3, -0.25) is 0 Å². The van der Waals surface area contributed by atoms with Crippen molar-refractivity contribution in [3.05, 3.63) is 58.6 Å². The number of hydrogen-bond donors (Lipinski definition) is 1. The van der Waals surface area contributed by atoms with Gasteiger partial charge in [-0.25, -0.2) is 0 Å². The SMILES string of the molecule is COc1ccc(CCC(C)Nc2cc(Cl)ccc2C)cc1. The highest BCUT2D eigenvalue weighted by molar-refractivity contribution is 6.30. The van der Waals surface area contributed by atoms with E-state index in [9.17, 15) is 0 Å². The number of rotatable bonds is 6. The Morgan fingerprint density at radius 3 is 2.52 bits per heavy atom. The quantitative estimate of drug-likeness (QED) is 0.802. The Kier molecular flexibility index (Phi) is 5.51. The second-order valence-corrected chi connectivity index (χ2v) is 5.83. The Balaban J connectivity index is 1.89. The predicted molar refractivity (Wildman–Crippen MR) is 90.6 cm³/mol. The van der Waals surface area contributed by atoms with Crippen LogP contribution < -0.4 is 10.1 Å². The van der Waals surface area contributed by atoms with Gasteiger partial charge in [-0.2, -0.15) is 0 Å². The van der Waals surface area contributed by atoms with Crippen LogP contribution in [0.2, 0.25) is 5.02 Å². The van der Waals surface area contributed by atoms with Crippen molar-refractivity contribution in [3.8, 4) is 5.75 Å². The van der Waals surface area contributed by atoms with Gasteiger partial charge in [0.1, 0.15) is 5.75 Å². The van der Waals surface area contributed by atoms with E-state index in [1.165, 1.54) is 11.1 Å². The van der Waals surface area contributed by atoms with Crippen molar-refractivity contribution in [2.75, 3.05) is 12.4 Å². The zero-order valence-electron chi connectivity index (χ0n) is 12.8. The number of nitrogens with one attached hydrogen (secondary N) is 1. The summed E-state index contributed by atoms with van der Waals surface area (Å²) in [5.41, 5.74) is 3.66. The Morgan fingerprint density at radius 2 is 1.86 bits per heavy atom. The first-order valence-electron chi connectivity index (χ1n) is 7.24. The molecule has 0 aliphatic carbocycles. The average Bonchev–Trinajstić information content (AvgIpc) is 2.49. The summed E-state index contributed by atoms with van der Waals surface area (Å²) in [6.45, 7) is 4.29. The molecule has 0 aliphatic rings. The van der Waals surface area contributed by atoms with Gasteiger partial charge in [0, 0.05) is 16.8 Å². The maximum absolute atomic E-state index is 6.05. The summed E-state index contributed by atoms with van der Waals surface area (Å²) in [6, 6.07) is 14.6. The number of benzene rings is 2. The standard InChI is InChI=1S/C18H22ClNO/c1-13-4-9-16(19)12-18(13)20-14(2)5-6-15-7-10-17(21-3)11-8-15/h4,7-12,14,20H,5-6H2,1-3H3. The Morgan fingerprint density at radius 1 is 1.14 bits per heavy atom. The number of ether oxygens (including phenoxy) is 1. The van der Waals surface area contributed by atoms with E-state index in [1.807, 2.05) is 30.3 Å². The highest BCUT2D eigenvalue weighted by atomic mass is 35.5. The summed E-state index contributed by atoms with van der Waals surface area (Å²) in [4.78, 5) is 0. The molecule has 112 valence electrons. The highest BCUT2D eigenvalue weighted by Crippen LogP contribution is 2.22. The van der Waals surface area contributed by atoms with Gasteiger partial charge in [0.25, 0.3) is 0 Å². The molecule has 21 heavy (non-hydrogen) atoms. The van der Waals surface area contributed by atoms with Crippen molar-refractivity contribution in [1.29, 1.82) is 0 Å². The molecule has 1 atom stereocenters. The van der Waals surface area contributed by atoms with E-state index in [2.05, 4.69) is 31.3 Å². The van der Waals surface area contributed by atoms with Gasteiger partial charge in [0.2, 0.25) is 0 Å². The summed E-state index contributed by atoms with van der Waals surface area (Å²) in [5.74, 6) is 0.902. The smallest absolute Gasteiger partial charge is 0.118 e. The second kappa shape index (κ2) is 7.37. The molecule has 0 saturated heterocycles. The lowest BCUT2D eigenvalue weighted by atomic mass is 10.1. The molecule has 0 aromatic heterocycles. The van der Waals surface area contributed by atoms with Gasteiger partial charge in [-0.05, 0) is 62.1 Å². The molecule has 0 amide bonds. The van der Waals surface area contributed by atoms with Crippen LogP contribution in [0.5, 0.6) is 5.75 Å². The van der Waals surface area contributed by atoms with Crippen LogP contribution in [0.25, 0.3) is 0 Å². The molecule has 0 aliphatic heterocycles. The molecule has 2 nitrogen and oxygen atoms in total. The molecule has 2 aromatic rings. The lowest BCUT2D eigenvalue weighted by molar-refractivity contribution is 0.414. The van der Waals surface area contributed by atoms with Gasteiger partial charge in [-0.15, -0.1) is 0 Å². The highest BCUT2D eigenvalue weighted by Gasteiger charge is 2.06. The van der Waals surface area contributed by atoms with Crippen molar-refractivity contribution in [2.24, 2.45) is 0 Å². The number of aryl methyl sites for hydroxylation is 2. The fourth-order valence-electron chi connectivity index (χ4n) is 2.26. The molecule has 3 heteroatoms. The minimum Gasteiger partial charge on any atom is -0.497 e. The van der Waals surface area contributed by atoms with Crippen LogP contribution in [0.4, 0.5) is 5.69 Å². The van der Waals surface area contributed by atoms with Gasteiger partial charge in [0.05, 0.1) is 7.11 Å². The zero-order chi connectivity index (χ0) is 15.2. The monoisotopic (exact) mass is 303 g/mol. The van der Waals surface area contributed by atoms with E-state index >= 15 is 0 Å². The van der Waals surface area contributed by atoms with E-state index in [0.29, 0.717) is 6.04 Å². The molecular formula is C18H22ClNO. The predicted octanol–water partition coefficient (Wildman–Crippen LogP) is 5.09. The van der Waals surface area contributed by atoms with Crippen LogP contribution in [-0.4, -0.2) is 13.2 Å². The van der Waals surface area contributed by atoms with Crippen molar-refractivity contribution in [2.45, 2.75) is 32.7 Å². The number of methoxy groups -OCH3 is 1. The molecule has 1 unspecified atom stereocenters. The van der Waals surface area contributed by atoms with E-state index in [1.54, 1.807) is 7.11 Å².